The number of aromatic nitrogens is 3. The van der Waals surface area contributed by atoms with Gasteiger partial charge in [0.05, 0.1) is 6.54 Å². The molecule has 3 rings (SSSR count). The molecule has 2 aromatic heterocycles. The molecule has 1 aliphatic carbocycles. The van der Waals surface area contributed by atoms with Gasteiger partial charge in [0.25, 0.3) is 0 Å². The fourth-order valence-electron chi connectivity index (χ4n) is 3.50. The Kier molecular flexibility index (Phi) is 9.58. The molecule has 2 N–H and O–H groups in total. The van der Waals surface area contributed by atoms with Crippen LogP contribution < -0.4 is 10.6 Å². The minimum absolute atomic E-state index is 0. The highest BCUT2D eigenvalue weighted by molar-refractivity contribution is 14.0. The van der Waals surface area contributed by atoms with Crippen molar-refractivity contribution in [3.8, 4) is 5.82 Å². The lowest BCUT2D eigenvalue weighted by Gasteiger charge is -2.13. The molecule has 1 aliphatic rings. The van der Waals surface area contributed by atoms with Gasteiger partial charge in [-0.1, -0.05) is 25.7 Å². The van der Waals surface area contributed by atoms with Crippen molar-refractivity contribution in [3.63, 3.8) is 0 Å². The lowest BCUT2D eigenvalue weighted by atomic mass is 10.0. The van der Waals surface area contributed by atoms with Crippen LogP contribution in [0.25, 0.3) is 5.82 Å². The molecule has 6 nitrogen and oxygen atoms in total. The Morgan fingerprint density at radius 2 is 2.11 bits per heavy atom. The molecule has 2 aromatic rings. The number of hydrogen-bond acceptors (Lipinski definition) is 3. The van der Waals surface area contributed by atoms with Gasteiger partial charge in [-0.3, -0.25) is 4.57 Å². The Morgan fingerprint density at radius 3 is 2.85 bits per heavy atom. The third-order valence-electron chi connectivity index (χ3n) is 4.90. The fourth-order valence-corrected chi connectivity index (χ4v) is 3.50. The first-order chi connectivity index (χ1) is 12.8. The van der Waals surface area contributed by atoms with Crippen LogP contribution in [0.2, 0.25) is 0 Å². The second-order valence-electron chi connectivity index (χ2n) is 6.91. The first-order valence-corrected chi connectivity index (χ1v) is 9.80. The highest BCUT2D eigenvalue weighted by Gasteiger charge is 2.14. The number of imidazole rings is 1. The zero-order valence-electron chi connectivity index (χ0n) is 16.1. The van der Waals surface area contributed by atoms with Crippen molar-refractivity contribution in [2.45, 2.75) is 52.0 Å². The summed E-state index contributed by atoms with van der Waals surface area (Å²) in [4.78, 5) is 13.2. The second-order valence-corrected chi connectivity index (χ2v) is 6.91. The Hall–Kier alpha value is -1.64. The summed E-state index contributed by atoms with van der Waals surface area (Å²) >= 11 is 0. The minimum Gasteiger partial charge on any atom is -0.357 e. The maximum absolute atomic E-state index is 4.72. The molecule has 7 heteroatoms. The average molecular weight is 482 g/mol. The van der Waals surface area contributed by atoms with E-state index < -0.39 is 0 Å². The summed E-state index contributed by atoms with van der Waals surface area (Å²) in [6, 6.07) is 4.06. The maximum Gasteiger partial charge on any atom is 0.191 e. The van der Waals surface area contributed by atoms with E-state index in [9.17, 15) is 0 Å². The van der Waals surface area contributed by atoms with Crippen molar-refractivity contribution in [2.24, 2.45) is 10.9 Å². The van der Waals surface area contributed by atoms with E-state index in [0.29, 0.717) is 6.54 Å². The zero-order valence-corrected chi connectivity index (χ0v) is 18.4. The van der Waals surface area contributed by atoms with Crippen molar-refractivity contribution in [1.29, 1.82) is 0 Å². The molecule has 1 saturated carbocycles. The molecule has 0 amide bonds. The van der Waals surface area contributed by atoms with Crippen LogP contribution in [-0.4, -0.2) is 33.6 Å². The number of guanidine groups is 1. The zero-order chi connectivity index (χ0) is 18.0. The monoisotopic (exact) mass is 482 g/mol. The molecular formula is C20H31IN6. The van der Waals surface area contributed by atoms with Crippen LogP contribution in [0.1, 0.15) is 51.0 Å². The molecule has 148 valence electrons. The van der Waals surface area contributed by atoms with Gasteiger partial charge in [0, 0.05) is 31.7 Å². The van der Waals surface area contributed by atoms with E-state index in [0.717, 1.165) is 36.3 Å². The number of rotatable bonds is 8. The van der Waals surface area contributed by atoms with E-state index >= 15 is 0 Å². The summed E-state index contributed by atoms with van der Waals surface area (Å²) in [6.07, 6.45) is 15.5. The number of nitrogens with zero attached hydrogens (tertiary/aromatic N) is 4. The van der Waals surface area contributed by atoms with Gasteiger partial charge >= 0.3 is 0 Å². The molecule has 1 fully saturated rings. The molecule has 0 aromatic carbocycles. The molecule has 0 radical (unpaired) electrons. The third kappa shape index (κ3) is 7.12. The van der Waals surface area contributed by atoms with E-state index in [-0.39, 0.29) is 24.0 Å². The van der Waals surface area contributed by atoms with Gasteiger partial charge in [-0.05, 0) is 43.4 Å². The Morgan fingerprint density at radius 1 is 1.26 bits per heavy atom. The first-order valence-electron chi connectivity index (χ1n) is 9.80. The SMILES string of the molecule is CCNC(=NCc1ccnc(-n2ccnc2)c1)NCCCC1CCCC1.I. The fraction of sp³-hybridized carbons (Fsp3) is 0.550. The predicted molar refractivity (Wildman–Crippen MR) is 121 cm³/mol. The largest absolute Gasteiger partial charge is 0.357 e. The molecule has 0 bridgehead atoms. The minimum atomic E-state index is 0. The van der Waals surface area contributed by atoms with Crippen molar-refractivity contribution in [2.75, 3.05) is 13.1 Å². The van der Waals surface area contributed by atoms with Crippen LogP contribution in [0.3, 0.4) is 0 Å². The van der Waals surface area contributed by atoms with Crippen LogP contribution in [0.15, 0.2) is 42.0 Å². The number of pyridine rings is 1. The third-order valence-corrected chi connectivity index (χ3v) is 4.90. The molecule has 0 spiro atoms. The standard InChI is InChI=1S/C20H30N6.HI/c1-2-22-20(24-10-5-8-17-6-3-4-7-17)25-15-18-9-11-23-19(14-18)26-13-12-21-16-26;/h9,11-14,16-17H,2-8,10,15H2,1H3,(H2,22,24,25);1H. The summed E-state index contributed by atoms with van der Waals surface area (Å²) in [5, 5.41) is 6.80. The van der Waals surface area contributed by atoms with Crippen molar-refractivity contribution >= 4 is 29.9 Å². The molecule has 27 heavy (non-hydrogen) atoms. The van der Waals surface area contributed by atoms with E-state index in [4.69, 9.17) is 4.99 Å². The van der Waals surface area contributed by atoms with E-state index in [1.165, 1.54) is 38.5 Å². The topological polar surface area (TPSA) is 67.1 Å². The van der Waals surface area contributed by atoms with E-state index in [1.54, 1.807) is 12.5 Å². The summed E-state index contributed by atoms with van der Waals surface area (Å²) in [6.45, 7) is 4.57. The molecule has 0 saturated heterocycles. The number of aliphatic imine (C=N–C) groups is 1. The number of halogens is 1. The highest BCUT2D eigenvalue weighted by Crippen LogP contribution is 2.28. The van der Waals surface area contributed by atoms with Gasteiger partial charge in [0.2, 0.25) is 0 Å². The van der Waals surface area contributed by atoms with Crippen LogP contribution >= 0.6 is 24.0 Å². The van der Waals surface area contributed by atoms with Gasteiger partial charge in [0.1, 0.15) is 12.1 Å². The van der Waals surface area contributed by atoms with Gasteiger partial charge in [-0.25, -0.2) is 15.0 Å². The smallest absolute Gasteiger partial charge is 0.191 e. The first kappa shape index (κ1) is 21.7. The molecule has 0 unspecified atom stereocenters. The Bertz CT molecular complexity index is 680. The lowest BCUT2D eigenvalue weighted by molar-refractivity contribution is 0.481. The average Bonchev–Trinajstić information content (AvgIpc) is 3.37. The summed E-state index contributed by atoms with van der Waals surface area (Å²) < 4.78 is 1.90. The maximum atomic E-state index is 4.72. The van der Waals surface area contributed by atoms with Gasteiger partial charge in [-0.2, -0.15) is 0 Å². The highest BCUT2D eigenvalue weighted by atomic mass is 127. The van der Waals surface area contributed by atoms with Crippen molar-refractivity contribution < 1.29 is 0 Å². The van der Waals surface area contributed by atoms with Crippen LogP contribution in [0.5, 0.6) is 0 Å². The van der Waals surface area contributed by atoms with Gasteiger partial charge in [0.15, 0.2) is 5.96 Å². The lowest BCUT2D eigenvalue weighted by Crippen LogP contribution is -2.37. The second kappa shape index (κ2) is 11.9. The molecule has 2 heterocycles. The Labute approximate surface area is 179 Å². The molecule has 0 atom stereocenters. The van der Waals surface area contributed by atoms with E-state index in [1.807, 2.05) is 23.0 Å². The predicted octanol–water partition coefficient (Wildman–Crippen LogP) is 3.91. The van der Waals surface area contributed by atoms with Gasteiger partial charge < -0.3 is 10.6 Å². The van der Waals surface area contributed by atoms with Crippen LogP contribution in [0, 0.1) is 5.92 Å². The van der Waals surface area contributed by atoms with E-state index in [2.05, 4.69) is 33.6 Å². The molecular weight excluding hydrogens is 451 g/mol. The van der Waals surface area contributed by atoms with Crippen LogP contribution in [-0.2, 0) is 6.54 Å². The van der Waals surface area contributed by atoms with Crippen molar-refractivity contribution in [1.82, 2.24) is 25.2 Å². The number of hydrogen-bond donors (Lipinski definition) is 2. The van der Waals surface area contributed by atoms with Gasteiger partial charge in [-0.15, -0.1) is 24.0 Å². The van der Waals surface area contributed by atoms with Crippen molar-refractivity contribution in [3.05, 3.63) is 42.6 Å². The quantitative estimate of drug-likeness (QED) is 0.259. The molecule has 0 aliphatic heterocycles. The summed E-state index contributed by atoms with van der Waals surface area (Å²) in [5.41, 5.74) is 1.13. The normalized spacial score (nSPS) is 14.8. The summed E-state index contributed by atoms with van der Waals surface area (Å²) in [7, 11) is 0. The summed E-state index contributed by atoms with van der Waals surface area (Å²) in [5.74, 6) is 2.71. The number of nitrogens with one attached hydrogen (secondary N) is 2. The van der Waals surface area contributed by atoms with Crippen LogP contribution in [0.4, 0.5) is 0 Å². The Balaban J connectivity index is 0.00000261.